The molecule has 1 aliphatic heterocycles. The Morgan fingerprint density at radius 2 is 1.87 bits per heavy atom. The zero-order valence-corrected chi connectivity index (χ0v) is 8.19. The second-order valence-electron chi connectivity index (χ2n) is 3.32. The predicted octanol–water partition coefficient (Wildman–Crippen LogP) is -2.01. The molecule has 4 N–H and O–H groups in total. The fourth-order valence-corrected chi connectivity index (χ4v) is 1.37. The summed E-state index contributed by atoms with van der Waals surface area (Å²) in [5.74, 6) is 0. The second kappa shape index (κ2) is 5.55. The highest BCUT2D eigenvalue weighted by Gasteiger charge is 2.43. The molecule has 6 nitrogen and oxygen atoms in total. The number of ether oxygens (including phenoxy) is 2. The molecule has 0 aromatic heterocycles. The van der Waals surface area contributed by atoms with E-state index in [-0.39, 0.29) is 6.61 Å². The molecular weight excluding hydrogens is 204 g/mol. The van der Waals surface area contributed by atoms with Crippen molar-refractivity contribution in [2.45, 2.75) is 30.7 Å². The SMILES string of the molecule is C=CCO[C@H]1O[C@H](CO)[C@H](O)[C@@H](O)[C@@H]1O. The number of hydrogen-bond donors (Lipinski definition) is 4. The van der Waals surface area contributed by atoms with E-state index in [0.29, 0.717) is 0 Å². The summed E-state index contributed by atoms with van der Waals surface area (Å²) in [7, 11) is 0. The van der Waals surface area contributed by atoms with Crippen molar-refractivity contribution in [2.24, 2.45) is 0 Å². The van der Waals surface area contributed by atoms with Crippen molar-refractivity contribution < 1.29 is 29.9 Å². The van der Waals surface area contributed by atoms with Crippen LogP contribution < -0.4 is 0 Å². The van der Waals surface area contributed by atoms with Gasteiger partial charge in [0.25, 0.3) is 0 Å². The van der Waals surface area contributed by atoms with Gasteiger partial charge in [0.15, 0.2) is 6.29 Å². The van der Waals surface area contributed by atoms with Gasteiger partial charge in [-0.05, 0) is 0 Å². The van der Waals surface area contributed by atoms with Crippen LogP contribution in [0.1, 0.15) is 0 Å². The highest BCUT2D eigenvalue weighted by Crippen LogP contribution is 2.21. The van der Waals surface area contributed by atoms with Crippen LogP contribution in [0, 0.1) is 0 Å². The van der Waals surface area contributed by atoms with E-state index in [2.05, 4.69) is 6.58 Å². The molecule has 15 heavy (non-hydrogen) atoms. The molecule has 0 aromatic rings. The summed E-state index contributed by atoms with van der Waals surface area (Å²) in [6, 6.07) is 0. The van der Waals surface area contributed by atoms with E-state index in [1.807, 2.05) is 0 Å². The Bertz CT molecular complexity index is 207. The van der Waals surface area contributed by atoms with Gasteiger partial charge in [0, 0.05) is 0 Å². The summed E-state index contributed by atoms with van der Waals surface area (Å²) in [6.45, 7) is 3.10. The highest BCUT2D eigenvalue weighted by atomic mass is 16.7. The van der Waals surface area contributed by atoms with Gasteiger partial charge in [-0.1, -0.05) is 6.08 Å². The number of aliphatic hydroxyl groups excluding tert-OH is 4. The van der Waals surface area contributed by atoms with Crippen LogP contribution >= 0.6 is 0 Å². The van der Waals surface area contributed by atoms with Gasteiger partial charge in [-0.2, -0.15) is 0 Å². The van der Waals surface area contributed by atoms with Crippen molar-refractivity contribution in [1.29, 1.82) is 0 Å². The lowest BCUT2D eigenvalue weighted by molar-refractivity contribution is -0.298. The summed E-state index contributed by atoms with van der Waals surface area (Å²) >= 11 is 0. The van der Waals surface area contributed by atoms with Crippen LogP contribution in [0.3, 0.4) is 0 Å². The monoisotopic (exact) mass is 220 g/mol. The van der Waals surface area contributed by atoms with E-state index in [1.165, 1.54) is 6.08 Å². The Morgan fingerprint density at radius 1 is 1.20 bits per heavy atom. The lowest BCUT2D eigenvalue weighted by Crippen LogP contribution is -2.59. The number of hydrogen-bond acceptors (Lipinski definition) is 6. The molecule has 0 bridgehead atoms. The van der Waals surface area contributed by atoms with E-state index in [9.17, 15) is 15.3 Å². The summed E-state index contributed by atoms with van der Waals surface area (Å²) in [4.78, 5) is 0. The molecule has 1 fully saturated rings. The molecule has 0 unspecified atom stereocenters. The fraction of sp³-hybridized carbons (Fsp3) is 0.778. The third kappa shape index (κ3) is 2.75. The predicted molar refractivity (Wildman–Crippen MR) is 49.9 cm³/mol. The van der Waals surface area contributed by atoms with Crippen molar-refractivity contribution >= 4 is 0 Å². The van der Waals surface area contributed by atoms with Gasteiger partial charge in [-0.25, -0.2) is 0 Å². The largest absolute Gasteiger partial charge is 0.394 e. The lowest BCUT2D eigenvalue weighted by Gasteiger charge is -2.39. The van der Waals surface area contributed by atoms with Crippen molar-refractivity contribution in [3.63, 3.8) is 0 Å². The maximum Gasteiger partial charge on any atom is 0.187 e. The van der Waals surface area contributed by atoms with Crippen LogP contribution in [0.5, 0.6) is 0 Å². The standard InChI is InChI=1S/C9H16O6/c1-2-3-14-9-8(13)7(12)6(11)5(4-10)15-9/h2,5-13H,1,3-4H2/t5-,6+,7-,8+,9+/m1/s1. The Labute approximate surface area is 87.4 Å². The van der Waals surface area contributed by atoms with Crippen molar-refractivity contribution in [3.05, 3.63) is 12.7 Å². The van der Waals surface area contributed by atoms with Crippen LogP contribution in [-0.2, 0) is 9.47 Å². The molecule has 0 spiro atoms. The molecule has 1 heterocycles. The van der Waals surface area contributed by atoms with Gasteiger partial charge < -0.3 is 29.9 Å². The van der Waals surface area contributed by atoms with E-state index in [0.717, 1.165) is 0 Å². The summed E-state index contributed by atoms with van der Waals surface area (Å²) in [5, 5.41) is 37.1. The first kappa shape index (κ1) is 12.6. The third-order valence-electron chi connectivity index (χ3n) is 2.23. The molecule has 5 atom stereocenters. The van der Waals surface area contributed by atoms with E-state index in [1.54, 1.807) is 0 Å². The zero-order chi connectivity index (χ0) is 11.4. The van der Waals surface area contributed by atoms with Crippen LogP contribution in [-0.4, -0.2) is 64.3 Å². The number of aliphatic hydroxyl groups is 4. The van der Waals surface area contributed by atoms with E-state index < -0.39 is 37.3 Å². The average Bonchev–Trinajstić information content (AvgIpc) is 2.25. The topological polar surface area (TPSA) is 99.4 Å². The third-order valence-corrected chi connectivity index (χ3v) is 2.23. The molecular formula is C9H16O6. The van der Waals surface area contributed by atoms with Gasteiger partial charge in [-0.3, -0.25) is 0 Å². The minimum atomic E-state index is -1.40. The number of rotatable bonds is 4. The molecule has 0 aliphatic carbocycles. The van der Waals surface area contributed by atoms with Gasteiger partial charge in [0.1, 0.15) is 24.4 Å². The molecule has 0 amide bonds. The molecule has 6 heteroatoms. The minimum absolute atomic E-state index is 0.142. The van der Waals surface area contributed by atoms with Crippen LogP contribution in [0.15, 0.2) is 12.7 Å². The molecule has 0 saturated carbocycles. The first-order chi connectivity index (χ1) is 7.11. The van der Waals surface area contributed by atoms with Gasteiger partial charge in [0.05, 0.1) is 13.2 Å². The normalized spacial score (nSPS) is 41.5. The van der Waals surface area contributed by atoms with E-state index in [4.69, 9.17) is 14.6 Å². The Hall–Kier alpha value is -0.500. The minimum Gasteiger partial charge on any atom is -0.394 e. The van der Waals surface area contributed by atoms with Gasteiger partial charge >= 0.3 is 0 Å². The quantitative estimate of drug-likeness (QED) is 0.408. The first-order valence-corrected chi connectivity index (χ1v) is 4.64. The summed E-state index contributed by atoms with van der Waals surface area (Å²) < 4.78 is 10.1. The van der Waals surface area contributed by atoms with Crippen molar-refractivity contribution in [1.82, 2.24) is 0 Å². The maximum atomic E-state index is 9.47. The first-order valence-electron chi connectivity index (χ1n) is 4.64. The van der Waals surface area contributed by atoms with Gasteiger partial charge in [0.2, 0.25) is 0 Å². The summed E-state index contributed by atoms with van der Waals surface area (Å²) in [6.07, 6.45) is -4.64. The second-order valence-corrected chi connectivity index (χ2v) is 3.32. The molecule has 88 valence electrons. The molecule has 0 aromatic carbocycles. The molecule has 0 radical (unpaired) electrons. The lowest BCUT2D eigenvalue weighted by atomic mass is 9.99. The Morgan fingerprint density at radius 3 is 2.40 bits per heavy atom. The zero-order valence-electron chi connectivity index (χ0n) is 8.19. The molecule has 1 saturated heterocycles. The van der Waals surface area contributed by atoms with Gasteiger partial charge in [-0.15, -0.1) is 6.58 Å². The maximum absolute atomic E-state index is 9.47. The van der Waals surface area contributed by atoms with Crippen molar-refractivity contribution in [3.8, 4) is 0 Å². The van der Waals surface area contributed by atoms with Crippen LogP contribution in [0.25, 0.3) is 0 Å². The Balaban J connectivity index is 2.60. The summed E-state index contributed by atoms with van der Waals surface area (Å²) in [5.41, 5.74) is 0. The molecule has 1 aliphatic rings. The Kier molecular flexibility index (Phi) is 4.65. The smallest absolute Gasteiger partial charge is 0.187 e. The van der Waals surface area contributed by atoms with Crippen LogP contribution in [0.4, 0.5) is 0 Å². The fourth-order valence-electron chi connectivity index (χ4n) is 1.37. The average molecular weight is 220 g/mol. The van der Waals surface area contributed by atoms with Crippen molar-refractivity contribution in [2.75, 3.05) is 13.2 Å². The van der Waals surface area contributed by atoms with E-state index >= 15 is 0 Å². The molecule has 1 rings (SSSR count). The highest BCUT2D eigenvalue weighted by molar-refractivity contribution is 4.89. The van der Waals surface area contributed by atoms with Crippen LogP contribution in [0.2, 0.25) is 0 Å².